The van der Waals surface area contributed by atoms with Crippen molar-refractivity contribution in [3.05, 3.63) is 69.9 Å². The van der Waals surface area contributed by atoms with Gasteiger partial charge in [-0.3, -0.25) is 9.48 Å². The Labute approximate surface area is 142 Å². The number of hydrogen-bond acceptors (Lipinski definition) is 4. The number of carbonyl (C=O) groups is 1. The molecule has 0 radical (unpaired) electrons. The molecule has 2 heterocycles. The van der Waals surface area contributed by atoms with Crippen LogP contribution >= 0.6 is 22.9 Å². The maximum Gasteiger partial charge on any atom is 0.222 e. The zero-order valence-electron chi connectivity index (χ0n) is 12.2. The van der Waals surface area contributed by atoms with Crippen molar-refractivity contribution in [3.8, 4) is 0 Å². The van der Waals surface area contributed by atoms with E-state index in [4.69, 9.17) is 11.6 Å². The lowest BCUT2D eigenvalue weighted by Crippen LogP contribution is -2.29. The van der Waals surface area contributed by atoms with Crippen molar-refractivity contribution in [2.75, 3.05) is 0 Å². The van der Waals surface area contributed by atoms with Gasteiger partial charge in [-0.15, -0.1) is 11.3 Å². The molecule has 0 saturated carbocycles. The fraction of sp³-hybridized carbons (Fsp3) is 0.188. The minimum absolute atomic E-state index is 0.0335. The van der Waals surface area contributed by atoms with E-state index in [-0.39, 0.29) is 11.9 Å². The Hall–Kier alpha value is -2.18. The predicted molar refractivity (Wildman–Crippen MR) is 90.4 cm³/mol. The first-order valence-electron chi connectivity index (χ1n) is 7.13. The van der Waals surface area contributed by atoms with Crippen LogP contribution in [0, 0.1) is 0 Å². The second kappa shape index (κ2) is 7.39. The van der Waals surface area contributed by atoms with Crippen molar-refractivity contribution in [1.82, 2.24) is 20.1 Å². The van der Waals surface area contributed by atoms with Crippen LogP contribution in [0.15, 0.2) is 54.4 Å². The first-order valence-corrected chi connectivity index (χ1v) is 8.39. The smallest absolute Gasteiger partial charge is 0.222 e. The molecule has 0 bridgehead atoms. The number of hydrogen-bond donors (Lipinski definition) is 1. The molecule has 1 aromatic carbocycles. The van der Waals surface area contributed by atoms with Crippen LogP contribution in [-0.2, 0) is 11.3 Å². The van der Waals surface area contributed by atoms with Crippen LogP contribution in [-0.4, -0.2) is 20.7 Å². The van der Waals surface area contributed by atoms with E-state index in [9.17, 15) is 4.79 Å². The summed E-state index contributed by atoms with van der Waals surface area (Å²) in [5, 5.41) is 9.76. The second-order valence-corrected chi connectivity index (χ2v) is 6.39. The van der Waals surface area contributed by atoms with Gasteiger partial charge in [-0.25, -0.2) is 4.98 Å². The lowest BCUT2D eigenvalue weighted by atomic mass is 10.1. The topological polar surface area (TPSA) is 59.8 Å². The van der Waals surface area contributed by atoms with Gasteiger partial charge in [0.15, 0.2) is 0 Å². The average Bonchev–Trinajstić information content (AvgIpc) is 3.25. The summed E-state index contributed by atoms with van der Waals surface area (Å²) in [6, 6.07) is 11.4. The van der Waals surface area contributed by atoms with Gasteiger partial charge in [0, 0.05) is 16.3 Å². The highest BCUT2D eigenvalue weighted by molar-refractivity contribution is 7.10. The molecule has 0 aliphatic carbocycles. The minimum Gasteiger partial charge on any atom is -0.344 e. The van der Waals surface area contributed by atoms with Crippen molar-refractivity contribution in [2.24, 2.45) is 0 Å². The van der Waals surface area contributed by atoms with Gasteiger partial charge in [0.05, 0.1) is 12.6 Å². The Kier molecular flexibility index (Phi) is 5.05. The summed E-state index contributed by atoms with van der Waals surface area (Å²) in [5.74, 6) is -0.0335. The van der Waals surface area contributed by atoms with Gasteiger partial charge in [0.25, 0.3) is 0 Å². The number of nitrogens with one attached hydrogen (secondary N) is 1. The fourth-order valence-corrected chi connectivity index (χ4v) is 3.16. The molecule has 0 aliphatic heterocycles. The number of carbonyl (C=O) groups excluding carboxylic acids is 1. The molecule has 3 rings (SSSR count). The molecule has 1 unspecified atom stereocenters. The third kappa shape index (κ3) is 4.18. The van der Waals surface area contributed by atoms with E-state index in [1.54, 1.807) is 22.3 Å². The maximum atomic E-state index is 12.3. The molecule has 0 saturated heterocycles. The van der Waals surface area contributed by atoms with Gasteiger partial charge in [-0.05, 0) is 29.1 Å². The van der Waals surface area contributed by atoms with Gasteiger partial charge in [0.1, 0.15) is 12.7 Å². The highest BCUT2D eigenvalue weighted by Gasteiger charge is 2.17. The first kappa shape index (κ1) is 15.7. The molecule has 5 nitrogen and oxygen atoms in total. The van der Waals surface area contributed by atoms with Crippen molar-refractivity contribution in [1.29, 1.82) is 0 Å². The Bertz CT molecular complexity index is 741. The van der Waals surface area contributed by atoms with Gasteiger partial charge < -0.3 is 5.32 Å². The first-order chi connectivity index (χ1) is 11.2. The summed E-state index contributed by atoms with van der Waals surface area (Å²) in [6.07, 6.45) is 3.40. The van der Waals surface area contributed by atoms with E-state index in [2.05, 4.69) is 15.4 Å². The summed E-state index contributed by atoms with van der Waals surface area (Å²) >= 11 is 7.57. The van der Waals surface area contributed by atoms with Crippen LogP contribution in [0.25, 0.3) is 0 Å². The van der Waals surface area contributed by atoms with Crippen LogP contribution in [0.1, 0.15) is 22.9 Å². The van der Waals surface area contributed by atoms with Gasteiger partial charge in [-0.1, -0.05) is 29.8 Å². The number of rotatable bonds is 6. The number of benzene rings is 1. The number of nitrogens with zero attached hydrogens (tertiary/aromatic N) is 3. The minimum atomic E-state index is -0.171. The zero-order chi connectivity index (χ0) is 16.1. The van der Waals surface area contributed by atoms with E-state index < -0.39 is 0 Å². The van der Waals surface area contributed by atoms with Crippen LogP contribution in [0.4, 0.5) is 0 Å². The molecule has 23 heavy (non-hydrogen) atoms. The molecule has 0 fully saturated rings. The van der Waals surface area contributed by atoms with E-state index in [0.717, 1.165) is 10.4 Å². The van der Waals surface area contributed by atoms with Crippen molar-refractivity contribution in [3.63, 3.8) is 0 Å². The second-order valence-electron chi connectivity index (χ2n) is 4.98. The zero-order valence-corrected chi connectivity index (χ0v) is 13.8. The van der Waals surface area contributed by atoms with Crippen LogP contribution in [0.5, 0.6) is 0 Å². The summed E-state index contributed by atoms with van der Waals surface area (Å²) in [5.41, 5.74) is 1.01. The highest BCUT2D eigenvalue weighted by atomic mass is 35.5. The molecular formula is C16H15ClN4OS. The van der Waals surface area contributed by atoms with E-state index >= 15 is 0 Å². The largest absolute Gasteiger partial charge is 0.344 e. The third-order valence-electron chi connectivity index (χ3n) is 3.37. The van der Waals surface area contributed by atoms with Crippen LogP contribution < -0.4 is 5.32 Å². The van der Waals surface area contributed by atoms with Crippen molar-refractivity contribution < 1.29 is 4.79 Å². The molecule has 118 valence electrons. The maximum absolute atomic E-state index is 12.3. The molecule has 3 aromatic rings. The normalized spacial score (nSPS) is 12.0. The number of halogens is 1. The van der Waals surface area contributed by atoms with Crippen LogP contribution in [0.2, 0.25) is 5.02 Å². The number of thiophene rings is 1. The summed E-state index contributed by atoms with van der Waals surface area (Å²) in [4.78, 5) is 17.2. The lowest BCUT2D eigenvalue weighted by molar-refractivity contribution is -0.121. The Balaban J connectivity index is 1.71. The van der Waals surface area contributed by atoms with Crippen molar-refractivity contribution in [2.45, 2.75) is 19.0 Å². The lowest BCUT2D eigenvalue weighted by Gasteiger charge is -2.18. The summed E-state index contributed by atoms with van der Waals surface area (Å²) in [7, 11) is 0. The van der Waals surface area contributed by atoms with Gasteiger partial charge in [0.2, 0.25) is 5.91 Å². The van der Waals surface area contributed by atoms with Gasteiger partial charge >= 0.3 is 0 Å². The van der Waals surface area contributed by atoms with E-state index in [1.807, 2.05) is 41.8 Å². The summed E-state index contributed by atoms with van der Waals surface area (Å²) in [6.45, 7) is 0.504. The Morgan fingerprint density at radius 3 is 2.78 bits per heavy atom. The predicted octanol–water partition coefficient (Wildman–Crippen LogP) is 3.29. The molecule has 0 spiro atoms. The summed E-state index contributed by atoms with van der Waals surface area (Å²) < 4.78 is 1.64. The quantitative estimate of drug-likeness (QED) is 0.745. The highest BCUT2D eigenvalue weighted by Crippen LogP contribution is 2.27. The van der Waals surface area contributed by atoms with E-state index in [1.165, 1.54) is 6.33 Å². The molecule has 1 N–H and O–H groups in total. The molecular weight excluding hydrogens is 332 g/mol. The number of amides is 1. The molecule has 1 atom stereocenters. The molecule has 7 heteroatoms. The number of aryl methyl sites for hydroxylation is 1. The average molecular weight is 347 g/mol. The monoisotopic (exact) mass is 346 g/mol. The molecule has 0 aliphatic rings. The number of aromatic nitrogens is 3. The Morgan fingerprint density at radius 2 is 2.13 bits per heavy atom. The SMILES string of the molecule is O=C(CCn1cncn1)NC(c1ccc(Cl)cc1)c1cccs1. The van der Waals surface area contributed by atoms with E-state index in [0.29, 0.717) is 18.0 Å². The molecule has 2 aromatic heterocycles. The standard InChI is InChI=1S/C16H15ClN4OS/c17-13-5-3-12(4-6-13)16(14-2-1-9-23-14)20-15(22)7-8-21-11-18-10-19-21/h1-6,9-11,16H,7-8H2,(H,20,22). The Morgan fingerprint density at radius 1 is 1.30 bits per heavy atom. The van der Waals surface area contributed by atoms with Crippen molar-refractivity contribution >= 4 is 28.8 Å². The van der Waals surface area contributed by atoms with Crippen LogP contribution in [0.3, 0.4) is 0 Å². The van der Waals surface area contributed by atoms with Gasteiger partial charge in [-0.2, -0.15) is 5.10 Å². The third-order valence-corrected chi connectivity index (χ3v) is 4.56. The molecule has 1 amide bonds. The fourth-order valence-electron chi connectivity index (χ4n) is 2.23.